The topological polar surface area (TPSA) is 92.5 Å². The summed E-state index contributed by atoms with van der Waals surface area (Å²) in [4.78, 5) is 17.1. The number of amides is 1. The third-order valence-electron chi connectivity index (χ3n) is 10.1. The van der Waals surface area contributed by atoms with Gasteiger partial charge in [-0.3, -0.25) is 0 Å². The van der Waals surface area contributed by atoms with Crippen LogP contribution in [0.1, 0.15) is 79.6 Å². The zero-order valence-corrected chi connectivity index (χ0v) is 20.7. The summed E-state index contributed by atoms with van der Waals surface area (Å²) in [7, 11) is 0. The fourth-order valence-corrected chi connectivity index (χ4v) is 8.56. The minimum Gasteiger partial charge on any atom is -0.475 e. The first-order valence-corrected chi connectivity index (χ1v) is 12.7. The van der Waals surface area contributed by atoms with Gasteiger partial charge in [0.2, 0.25) is 0 Å². The van der Waals surface area contributed by atoms with Crippen LogP contribution in [0.25, 0.3) is 0 Å². The number of carbonyl (C=O) groups is 1. The molecule has 0 saturated heterocycles. The van der Waals surface area contributed by atoms with E-state index in [1.165, 1.54) is 5.57 Å². The molecule has 0 spiro atoms. The summed E-state index contributed by atoms with van der Waals surface area (Å²) in [5, 5.41) is 14.8. The van der Waals surface area contributed by atoms with Crippen molar-refractivity contribution < 1.29 is 19.4 Å². The predicted octanol–water partition coefficient (Wildman–Crippen LogP) is 4.60. The molecular weight excluding hydrogens is 418 g/mol. The standard InChI is InChI=1S/C26H39N3O4/c1-6-32-23(31)29-28-15(2)26-22(33-16(3)27-26)14-21-19-8-7-17-13-18(30)9-11-24(17,4)20(19)10-12-25(21,26)5/h7,18-22,30H,6,8-14H2,1-5H3,(H,29,31)/b28-15-/t18-,19+,20-,21-,22+,24-,25-,26+/m0/s1. The van der Waals surface area contributed by atoms with Crippen molar-refractivity contribution in [2.45, 2.75) is 97.3 Å². The second kappa shape index (κ2) is 7.82. The maximum atomic E-state index is 11.9. The van der Waals surface area contributed by atoms with Gasteiger partial charge in [0, 0.05) is 12.3 Å². The Morgan fingerprint density at radius 3 is 2.88 bits per heavy atom. The second-order valence-corrected chi connectivity index (χ2v) is 11.4. The minimum atomic E-state index is -0.556. The van der Waals surface area contributed by atoms with Crippen LogP contribution in [0.4, 0.5) is 4.79 Å². The molecule has 1 amide bonds. The van der Waals surface area contributed by atoms with Crippen molar-refractivity contribution in [1.82, 2.24) is 5.43 Å². The lowest BCUT2D eigenvalue weighted by Crippen LogP contribution is -2.58. The van der Waals surface area contributed by atoms with E-state index in [4.69, 9.17) is 14.5 Å². The van der Waals surface area contributed by atoms with Crippen molar-refractivity contribution in [3.8, 4) is 0 Å². The Morgan fingerprint density at radius 1 is 1.33 bits per heavy atom. The molecule has 0 bridgehead atoms. The van der Waals surface area contributed by atoms with E-state index in [1.807, 2.05) is 13.8 Å². The molecule has 3 fully saturated rings. The highest BCUT2D eigenvalue weighted by atomic mass is 16.5. The fraction of sp³-hybridized carbons (Fsp3) is 0.808. The van der Waals surface area contributed by atoms with Crippen molar-refractivity contribution in [3.63, 3.8) is 0 Å². The minimum absolute atomic E-state index is 0.0506. The molecule has 3 saturated carbocycles. The summed E-state index contributed by atoms with van der Waals surface area (Å²) in [5.74, 6) is 2.41. The molecule has 7 heteroatoms. The van der Waals surface area contributed by atoms with Gasteiger partial charge in [-0.15, -0.1) is 0 Å². The van der Waals surface area contributed by atoms with Gasteiger partial charge in [0.05, 0.1) is 18.4 Å². The van der Waals surface area contributed by atoms with Crippen LogP contribution in [0.2, 0.25) is 0 Å². The molecule has 1 aliphatic heterocycles. The number of aliphatic hydroxyl groups excluding tert-OH is 1. The van der Waals surface area contributed by atoms with Gasteiger partial charge in [-0.1, -0.05) is 25.5 Å². The predicted molar refractivity (Wildman–Crippen MR) is 127 cm³/mol. The molecule has 8 atom stereocenters. The highest BCUT2D eigenvalue weighted by Crippen LogP contribution is 2.69. The summed E-state index contributed by atoms with van der Waals surface area (Å²) in [6, 6.07) is 0. The van der Waals surface area contributed by atoms with Gasteiger partial charge in [-0.25, -0.2) is 15.2 Å². The number of aliphatic hydroxyl groups is 1. The molecule has 0 unspecified atom stereocenters. The van der Waals surface area contributed by atoms with E-state index in [1.54, 1.807) is 6.92 Å². The van der Waals surface area contributed by atoms with Crippen LogP contribution in [0, 0.1) is 28.6 Å². The molecule has 1 heterocycles. The Morgan fingerprint density at radius 2 is 2.12 bits per heavy atom. The van der Waals surface area contributed by atoms with Crippen molar-refractivity contribution in [2.24, 2.45) is 38.7 Å². The van der Waals surface area contributed by atoms with Crippen LogP contribution in [-0.4, -0.2) is 47.2 Å². The molecule has 0 radical (unpaired) electrons. The lowest BCUT2D eigenvalue weighted by atomic mass is 9.46. The van der Waals surface area contributed by atoms with E-state index in [0.29, 0.717) is 30.3 Å². The Labute approximate surface area is 197 Å². The number of fused-ring (bicyclic) bond motifs is 7. The quantitative estimate of drug-likeness (QED) is 0.368. The zero-order chi connectivity index (χ0) is 23.6. The van der Waals surface area contributed by atoms with E-state index in [2.05, 4.69) is 30.5 Å². The highest BCUT2D eigenvalue weighted by Gasteiger charge is 2.71. The molecule has 0 aromatic carbocycles. The number of aliphatic imine (C=N–C) groups is 1. The Bertz CT molecular complexity index is 928. The molecule has 5 rings (SSSR count). The van der Waals surface area contributed by atoms with Crippen molar-refractivity contribution >= 4 is 17.7 Å². The number of rotatable bonds is 3. The van der Waals surface area contributed by atoms with E-state index >= 15 is 0 Å². The molecule has 2 N–H and O–H groups in total. The number of hydrogen-bond acceptors (Lipinski definition) is 6. The van der Waals surface area contributed by atoms with Crippen molar-refractivity contribution in [1.29, 1.82) is 0 Å². The number of allylic oxidation sites excluding steroid dienone is 1. The summed E-state index contributed by atoms with van der Waals surface area (Å²) < 4.78 is 11.3. The molecular formula is C26H39N3O4. The van der Waals surface area contributed by atoms with Gasteiger partial charge in [0.1, 0.15) is 11.6 Å². The maximum Gasteiger partial charge on any atom is 0.427 e. The fourth-order valence-electron chi connectivity index (χ4n) is 8.56. The van der Waals surface area contributed by atoms with E-state index < -0.39 is 11.6 Å². The second-order valence-electron chi connectivity index (χ2n) is 11.4. The molecule has 0 aromatic heterocycles. The average molecular weight is 458 g/mol. The Kier molecular flexibility index (Phi) is 5.42. The number of hydrogen-bond donors (Lipinski definition) is 2. The zero-order valence-electron chi connectivity index (χ0n) is 20.7. The maximum absolute atomic E-state index is 11.9. The van der Waals surface area contributed by atoms with Crippen molar-refractivity contribution in [2.75, 3.05) is 6.61 Å². The first kappa shape index (κ1) is 22.9. The molecule has 0 aromatic rings. The lowest BCUT2D eigenvalue weighted by molar-refractivity contribution is -0.0460. The summed E-state index contributed by atoms with van der Waals surface area (Å²) in [5.41, 5.74) is 4.41. The smallest absolute Gasteiger partial charge is 0.427 e. The van der Waals surface area contributed by atoms with Gasteiger partial charge >= 0.3 is 6.09 Å². The first-order valence-electron chi connectivity index (χ1n) is 12.7. The third kappa shape index (κ3) is 3.14. The average Bonchev–Trinajstić information content (AvgIpc) is 3.23. The number of carbonyl (C=O) groups excluding carboxylic acids is 1. The SMILES string of the molecule is CCOC(=O)N/N=C(/C)[C@@]12N=C(C)O[C@@H]1C[C@H]1[C@@H]3CC=C4C[C@@H](O)CC[C@]4(C)[C@H]3CC[C@@]12C. The van der Waals surface area contributed by atoms with Crippen LogP contribution >= 0.6 is 0 Å². The third-order valence-corrected chi connectivity index (χ3v) is 10.1. The van der Waals surface area contributed by atoms with Gasteiger partial charge in [0.15, 0.2) is 5.90 Å². The van der Waals surface area contributed by atoms with Gasteiger partial charge in [-0.05, 0) is 82.0 Å². The summed E-state index contributed by atoms with van der Waals surface area (Å²) in [6.45, 7) is 10.8. The van der Waals surface area contributed by atoms with Gasteiger partial charge < -0.3 is 14.6 Å². The van der Waals surface area contributed by atoms with E-state index in [9.17, 15) is 9.90 Å². The molecule has 5 aliphatic rings. The van der Waals surface area contributed by atoms with Crippen molar-refractivity contribution in [3.05, 3.63) is 11.6 Å². The highest BCUT2D eigenvalue weighted by molar-refractivity contribution is 5.98. The molecule has 7 nitrogen and oxygen atoms in total. The van der Waals surface area contributed by atoms with Crippen LogP contribution < -0.4 is 5.43 Å². The summed E-state index contributed by atoms with van der Waals surface area (Å²) >= 11 is 0. The van der Waals surface area contributed by atoms with Gasteiger partial charge in [0.25, 0.3) is 0 Å². The monoisotopic (exact) mass is 457 g/mol. The molecule has 182 valence electrons. The number of hydrazone groups is 1. The number of nitrogens with zero attached hydrogens (tertiary/aromatic N) is 2. The Hall–Kier alpha value is -1.89. The van der Waals surface area contributed by atoms with Crippen LogP contribution in [0.15, 0.2) is 21.7 Å². The first-order chi connectivity index (χ1) is 15.7. The Balaban J connectivity index is 1.49. The van der Waals surface area contributed by atoms with Crippen LogP contribution in [0.5, 0.6) is 0 Å². The number of ether oxygens (including phenoxy) is 2. The normalized spacial score (nSPS) is 46.1. The molecule has 4 aliphatic carbocycles. The lowest BCUT2D eigenvalue weighted by Gasteiger charge is -2.58. The largest absolute Gasteiger partial charge is 0.475 e. The summed E-state index contributed by atoms with van der Waals surface area (Å²) in [6.07, 6.45) is 8.77. The number of nitrogens with one attached hydrogen (secondary N) is 1. The van der Waals surface area contributed by atoms with E-state index in [0.717, 1.165) is 50.7 Å². The van der Waals surface area contributed by atoms with E-state index in [-0.39, 0.29) is 23.0 Å². The molecule has 33 heavy (non-hydrogen) atoms. The van der Waals surface area contributed by atoms with Crippen LogP contribution in [0.3, 0.4) is 0 Å². The van der Waals surface area contributed by atoms with Gasteiger partial charge in [-0.2, -0.15) is 5.10 Å². The van der Waals surface area contributed by atoms with Crippen LogP contribution in [-0.2, 0) is 9.47 Å².